The number of allylic oxidation sites excluding steroid dienone is 1. The molecule has 2 aliphatic heterocycles. The maximum Gasteiger partial charge on any atom is 0.337 e. The molecule has 0 aromatic heterocycles. The number of piperidine rings is 1. The van der Waals surface area contributed by atoms with Crippen LogP contribution in [0.15, 0.2) is 36.9 Å². The highest BCUT2D eigenvalue weighted by Crippen LogP contribution is 2.76. The molecule has 0 radical (unpaired) electrons. The first-order chi connectivity index (χ1) is 25.8. The molecular formula is C47H79N3O3S. The summed E-state index contributed by atoms with van der Waals surface area (Å²) < 4.78 is 16.7. The summed E-state index contributed by atoms with van der Waals surface area (Å²) in [7, 11) is 0.872. The second-order valence-corrected chi connectivity index (χ2v) is 20.9. The highest BCUT2D eigenvalue weighted by Gasteiger charge is 2.69. The molecule has 6 aliphatic rings. The lowest BCUT2D eigenvalue weighted by Gasteiger charge is -2.73. The van der Waals surface area contributed by atoms with Gasteiger partial charge in [0.1, 0.15) is 0 Å². The molecule has 2 heterocycles. The molecule has 6 nitrogen and oxygen atoms in total. The van der Waals surface area contributed by atoms with E-state index in [0.29, 0.717) is 33.1 Å². The molecule has 0 amide bonds. The molecule has 2 saturated heterocycles. The third kappa shape index (κ3) is 8.10. The summed E-state index contributed by atoms with van der Waals surface area (Å²) in [6.07, 6.45) is 17.0. The zero-order chi connectivity index (χ0) is 39.4. The van der Waals surface area contributed by atoms with E-state index in [1.165, 1.54) is 89.8 Å². The second kappa shape index (κ2) is 17.9. The fourth-order valence-electron chi connectivity index (χ4n) is 13.8. The lowest BCUT2D eigenvalue weighted by Crippen LogP contribution is -2.69. The number of methoxy groups -OCH3 is 1. The minimum atomic E-state index is -0.579. The number of likely N-dealkylation sites (tertiary alicyclic amines) is 1. The van der Waals surface area contributed by atoms with Gasteiger partial charge in [0.15, 0.2) is 0 Å². The second-order valence-electron chi connectivity index (χ2n) is 19.2. The number of hydrogen-bond acceptors (Lipinski definition) is 6. The monoisotopic (exact) mass is 766 g/mol. The molecule has 1 N–H and O–H groups in total. The number of hydrogen-bond donors (Lipinski definition) is 1. The van der Waals surface area contributed by atoms with E-state index in [4.69, 9.17) is 4.74 Å². The van der Waals surface area contributed by atoms with Crippen molar-refractivity contribution < 1.29 is 13.7 Å². The number of carbonyl (C=O) groups is 1. The quantitative estimate of drug-likeness (QED) is 0.154. The molecule has 7 unspecified atom stereocenters. The molecule has 7 heteroatoms. The topological polar surface area (TPSA) is 61.9 Å². The summed E-state index contributed by atoms with van der Waals surface area (Å²) in [6.45, 7) is 30.3. The van der Waals surface area contributed by atoms with Crippen LogP contribution in [0, 0.1) is 45.3 Å². The van der Waals surface area contributed by atoms with Crippen LogP contribution in [-0.2, 0) is 22.1 Å². The number of nitrogens with one attached hydrogen (secondary N) is 1. The van der Waals surface area contributed by atoms with Crippen molar-refractivity contribution in [1.82, 2.24) is 15.1 Å². The van der Waals surface area contributed by atoms with Gasteiger partial charge in [-0.05, 0) is 168 Å². The van der Waals surface area contributed by atoms with Crippen molar-refractivity contribution in [2.45, 2.75) is 138 Å². The normalized spacial score (nSPS) is 37.5. The van der Waals surface area contributed by atoms with E-state index >= 15 is 0 Å². The summed E-state index contributed by atoms with van der Waals surface area (Å²) in [6, 6.07) is 8.10. The molecule has 54 heavy (non-hydrogen) atoms. The Morgan fingerprint density at radius 3 is 2.24 bits per heavy atom. The van der Waals surface area contributed by atoms with Crippen LogP contribution in [0.2, 0.25) is 0 Å². The maximum atomic E-state index is 12.0. The molecule has 6 fully saturated rings. The van der Waals surface area contributed by atoms with E-state index in [2.05, 4.69) is 68.4 Å². The molecule has 4 aliphatic carbocycles. The number of nitrogens with zero attached hydrogens (tertiary/aromatic N) is 2. The number of esters is 1. The summed E-state index contributed by atoms with van der Waals surface area (Å²) in [4.78, 5) is 17.3. The van der Waals surface area contributed by atoms with Crippen LogP contribution in [0.4, 0.5) is 0 Å². The predicted molar refractivity (Wildman–Crippen MR) is 228 cm³/mol. The van der Waals surface area contributed by atoms with Crippen molar-refractivity contribution >= 4 is 16.8 Å². The predicted octanol–water partition coefficient (Wildman–Crippen LogP) is 9.76. The minimum Gasteiger partial charge on any atom is -0.465 e. The maximum absolute atomic E-state index is 12.0. The number of rotatable bonds is 9. The number of benzene rings is 1. The standard InChI is InChI=1S/C42H67N3O3S.C3H6.C2H6/c1-38(2)35-16-18-41(5)36(39(35,3)21-24-45(38)29-31-10-12-32(13-11-31)37(46)48-6)15-14-33-34-9-7-17-42(34,20-19-40(33,41)4)30-43-22-8-23-44-25-27-49(47)28-26-44;1-3-2;1-2/h10-13,33-36,43H,7-9,14-30H2,1-6H3;3H,1H2,2H3;1-2H3/t33?,34?,35?,36?,39?,40-,41?,42?;;/m1../s1. The van der Waals surface area contributed by atoms with Crippen molar-refractivity contribution in [3.8, 4) is 0 Å². The molecule has 1 aromatic carbocycles. The zero-order valence-corrected chi connectivity index (χ0v) is 36.9. The Bertz CT molecular complexity index is 1420. The van der Waals surface area contributed by atoms with Gasteiger partial charge in [-0.2, -0.15) is 0 Å². The summed E-state index contributed by atoms with van der Waals surface area (Å²) >= 11 is 0. The van der Waals surface area contributed by atoms with Crippen LogP contribution in [0.3, 0.4) is 0 Å². The Kier molecular flexibility index (Phi) is 14.5. The average molecular weight is 766 g/mol. The molecule has 4 saturated carbocycles. The van der Waals surface area contributed by atoms with Gasteiger partial charge in [0.25, 0.3) is 0 Å². The number of ether oxygens (including phenoxy) is 1. The Morgan fingerprint density at radius 2 is 1.57 bits per heavy atom. The van der Waals surface area contributed by atoms with Crippen LogP contribution >= 0.6 is 0 Å². The molecule has 1 aromatic rings. The van der Waals surface area contributed by atoms with Gasteiger partial charge in [-0.15, -0.1) is 6.58 Å². The fraction of sp³-hybridized carbons (Fsp3) is 0.809. The van der Waals surface area contributed by atoms with Crippen LogP contribution < -0.4 is 5.32 Å². The Morgan fingerprint density at radius 1 is 0.889 bits per heavy atom. The van der Waals surface area contributed by atoms with Gasteiger partial charge in [0, 0.05) is 54.0 Å². The molecule has 306 valence electrons. The molecule has 0 bridgehead atoms. The summed E-state index contributed by atoms with van der Waals surface area (Å²) in [5.74, 6) is 4.74. The van der Waals surface area contributed by atoms with Crippen molar-refractivity contribution in [2.24, 2.45) is 45.3 Å². The van der Waals surface area contributed by atoms with E-state index in [1.807, 2.05) is 32.9 Å². The van der Waals surface area contributed by atoms with Crippen molar-refractivity contribution in [3.05, 3.63) is 48.0 Å². The molecule has 8 atom stereocenters. The highest BCUT2D eigenvalue weighted by atomic mass is 32.2. The first-order valence-electron chi connectivity index (χ1n) is 22.1. The first-order valence-corrected chi connectivity index (χ1v) is 23.5. The average Bonchev–Trinajstić information content (AvgIpc) is 3.59. The number of carbonyl (C=O) groups excluding carboxylic acids is 1. The van der Waals surface area contributed by atoms with Crippen LogP contribution in [0.1, 0.15) is 142 Å². The Hall–Kier alpha value is -1.54. The molecule has 7 rings (SSSR count). The first kappa shape index (κ1) is 43.6. The van der Waals surface area contributed by atoms with Gasteiger partial charge in [-0.3, -0.25) is 9.11 Å². The number of fused-ring (bicyclic) bond motifs is 7. The Balaban J connectivity index is 0.00000107. The third-order valence-corrected chi connectivity index (χ3v) is 18.0. The summed E-state index contributed by atoms with van der Waals surface area (Å²) in [5, 5.41) is 4.01. The van der Waals surface area contributed by atoms with Gasteiger partial charge in [-0.1, -0.05) is 59.2 Å². The SMILES string of the molecule is C=CC.CC.COC(=O)c1ccc(CN2CCC3(C)C(CCC4(C)C3CCC3C5CCCC5(CNCCCN5CCS(=O)CC5)CC[C@]34C)C2(C)C)cc1. The fourth-order valence-corrected chi connectivity index (χ4v) is 14.9. The third-order valence-electron chi connectivity index (χ3n) is 16.7. The summed E-state index contributed by atoms with van der Waals surface area (Å²) in [5.41, 5.74) is 3.81. The van der Waals surface area contributed by atoms with E-state index in [9.17, 15) is 9.00 Å². The Labute approximate surface area is 333 Å². The largest absolute Gasteiger partial charge is 0.465 e. The van der Waals surface area contributed by atoms with Crippen molar-refractivity contribution in [2.75, 3.05) is 57.9 Å². The minimum absolute atomic E-state index is 0.138. The van der Waals surface area contributed by atoms with Crippen molar-refractivity contribution in [1.29, 1.82) is 0 Å². The smallest absolute Gasteiger partial charge is 0.337 e. The van der Waals surface area contributed by atoms with Gasteiger partial charge in [0.05, 0.1) is 12.7 Å². The van der Waals surface area contributed by atoms with Gasteiger partial charge in [-0.25, -0.2) is 4.79 Å². The zero-order valence-electron chi connectivity index (χ0n) is 36.1. The van der Waals surface area contributed by atoms with Crippen LogP contribution in [-0.4, -0.2) is 83.4 Å². The van der Waals surface area contributed by atoms with Crippen LogP contribution in [0.5, 0.6) is 0 Å². The highest BCUT2D eigenvalue weighted by molar-refractivity contribution is 7.85. The van der Waals surface area contributed by atoms with Crippen LogP contribution in [0.25, 0.3) is 0 Å². The lowest BCUT2D eigenvalue weighted by atomic mass is 9.33. The molecule has 0 spiro atoms. The van der Waals surface area contributed by atoms with E-state index < -0.39 is 10.8 Å². The van der Waals surface area contributed by atoms with Gasteiger partial charge < -0.3 is 15.0 Å². The molecular weight excluding hydrogens is 687 g/mol. The van der Waals surface area contributed by atoms with Gasteiger partial charge in [0.2, 0.25) is 0 Å². The van der Waals surface area contributed by atoms with E-state index in [-0.39, 0.29) is 11.5 Å². The lowest BCUT2D eigenvalue weighted by molar-refractivity contribution is -0.240. The van der Waals surface area contributed by atoms with Crippen molar-refractivity contribution in [3.63, 3.8) is 0 Å². The van der Waals surface area contributed by atoms with Gasteiger partial charge >= 0.3 is 5.97 Å². The van der Waals surface area contributed by atoms with E-state index in [1.54, 1.807) is 6.08 Å². The van der Waals surface area contributed by atoms with E-state index in [0.717, 1.165) is 68.5 Å².